The van der Waals surface area contributed by atoms with Crippen molar-refractivity contribution in [3.8, 4) is 0 Å². The van der Waals surface area contributed by atoms with Gasteiger partial charge in [0.2, 0.25) is 5.91 Å². The molecule has 2 N–H and O–H groups in total. The Kier molecular flexibility index (Phi) is 4.24. The van der Waals surface area contributed by atoms with Crippen molar-refractivity contribution in [3.05, 3.63) is 0 Å². The molecule has 1 aliphatic carbocycles. The lowest BCUT2D eigenvalue weighted by molar-refractivity contribution is -0.133. The molecule has 2 unspecified atom stereocenters. The van der Waals surface area contributed by atoms with Gasteiger partial charge in [-0.05, 0) is 43.6 Å². The van der Waals surface area contributed by atoms with Gasteiger partial charge in [0, 0.05) is 12.6 Å². The van der Waals surface area contributed by atoms with Crippen LogP contribution in [-0.4, -0.2) is 25.0 Å². The molecule has 1 amide bonds. The largest absolute Gasteiger partial charge is 0.353 e. The van der Waals surface area contributed by atoms with Gasteiger partial charge in [-0.2, -0.15) is 0 Å². The summed E-state index contributed by atoms with van der Waals surface area (Å²) in [7, 11) is 0. The second-order valence-electron chi connectivity index (χ2n) is 7.67. The zero-order valence-electron chi connectivity index (χ0n) is 13.0. The van der Waals surface area contributed by atoms with Gasteiger partial charge in [0.05, 0.1) is 5.41 Å². The van der Waals surface area contributed by atoms with E-state index in [4.69, 9.17) is 0 Å². The van der Waals surface area contributed by atoms with Crippen molar-refractivity contribution in [3.63, 3.8) is 0 Å². The van der Waals surface area contributed by atoms with E-state index >= 15 is 0 Å². The number of carbonyl (C=O) groups excluding carboxylic acids is 1. The molecule has 0 aromatic rings. The number of hydrogen-bond acceptors (Lipinski definition) is 2. The Morgan fingerprint density at radius 1 is 1.32 bits per heavy atom. The summed E-state index contributed by atoms with van der Waals surface area (Å²) in [6.07, 6.45) is 5.78. The highest BCUT2D eigenvalue weighted by Crippen LogP contribution is 2.38. The van der Waals surface area contributed by atoms with Crippen LogP contribution in [0.5, 0.6) is 0 Å². The molecule has 110 valence electrons. The Balaban J connectivity index is 2.00. The van der Waals surface area contributed by atoms with Gasteiger partial charge >= 0.3 is 0 Å². The van der Waals surface area contributed by atoms with Crippen LogP contribution in [-0.2, 0) is 4.79 Å². The molecular weight excluding hydrogens is 236 g/mol. The summed E-state index contributed by atoms with van der Waals surface area (Å²) in [6, 6.07) is 0.382. The van der Waals surface area contributed by atoms with E-state index < -0.39 is 0 Å². The van der Waals surface area contributed by atoms with Crippen molar-refractivity contribution in [2.24, 2.45) is 16.7 Å². The smallest absolute Gasteiger partial charge is 0.228 e. The van der Waals surface area contributed by atoms with E-state index in [0.717, 1.165) is 32.4 Å². The lowest BCUT2D eigenvalue weighted by atomic mass is 9.73. The summed E-state index contributed by atoms with van der Waals surface area (Å²) in [6.45, 7) is 10.8. The molecule has 1 aliphatic heterocycles. The van der Waals surface area contributed by atoms with Gasteiger partial charge in [-0.25, -0.2) is 0 Å². The average Bonchev–Trinajstić information content (AvgIpc) is 2.77. The summed E-state index contributed by atoms with van der Waals surface area (Å²) in [5.74, 6) is 0.689. The van der Waals surface area contributed by atoms with Gasteiger partial charge in [-0.1, -0.05) is 34.1 Å². The van der Waals surface area contributed by atoms with Crippen molar-refractivity contribution in [2.45, 2.75) is 65.8 Å². The van der Waals surface area contributed by atoms with Crippen LogP contribution in [0.25, 0.3) is 0 Å². The van der Waals surface area contributed by atoms with Crippen LogP contribution in [0, 0.1) is 16.7 Å². The molecule has 1 heterocycles. The van der Waals surface area contributed by atoms with Crippen LogP contribution in [0.15, 0.2) is 0 Å². The van der Waals surface area contributed by atoms with Crippen LogP contribution in [0.3, 0.4) is 0 Å². The first-order chi connectivity index (χ1) is 8.86. The zero-order chi connectivity index (χ0) is 14.1. The lowest BCUT2D eigenvalue weighted by Crippen LogP contribution is -2.51. The van der Waals surface area contributed by atoms with Crippen LogP contribution < -0.4 is 10.6 Å². The predicted octanol–water partition coefficient (Wildman–Crippen LogP) is 2.71. The van der Waals surface area contributed by atoms with E-state index in [0.29, 0.717) is 17.4 Å². The maximum absolute atomic E-state index is 12.7. The maximum Gasteiger partial charge on any atom is 0.228 e. The van der Waals surface area contributed by atoms with Crippen LogP contribution in [0.2, 0.25) is 0 Å². The number of rotatable bonds is 3. The van der Waals surface area contributed by atoms with Crippen molar-refractivity contribution in [2.75, 3.05) is 13.1 Å². The van der Waals surface area contributed by atoms with Gasteiger partial charge < -0.3 is 10.6 Å². The number of hydrogen-bond donors (Lipinski definition) is 2. The Hall–Kier alpha value is -0.570. The maximum atomic E-state index is 12.7. The molecule has 1 saturated heterocycles. The SMILES string of the molecule is CC(C)C1(C(=O)NC2CCCC(C)(C)C2)CCNC1. The molecule has 0 radical (unpaired) electrons. The second-order valence-corrected chi connectivity index (χ2v) is 7.67. The highest BCUT2D eigenvalue weighted by Gasteiger charge is 2.44. The van der Waals surface area contributed by atoms with Crippen molar-refractivity contribution in [1.82, 2.24) is 10.6 Å². The standard InChI is InChI=1S/C16H30N2O/c1-12(2)16(8-9-17-11-16)14(19)18-13-6-5-7-15(3,4)10-13/h12-13,17H,5-11H2,1-4H3,(H,18,19). The third kappa shape index (κ3) is 3.13. The fraction of sp³-hybridized carbons (Fsp3) is 0.938. The van der Waals surface area contributed by atoms with Gasteiger partial charge in [0.1, 0.15) is 0 Å². The summed E-state index contributed by atoms with van der Waals surface area (Å²) in [5, 5.41) is 6.73. The quantitative estimate of drug-likeness (QED) is 0.824. The topological polar surface area (TPSA) is 41.1 Å². The van der Waals surface area contributed by atoms with Gasteiger partial charge in [0.25, 0.3) is 0 Å². The third-order valence-electron chi connectivity index (χ3n) is 5.29. The molecule has 0 spiro atoms. The molecular formula is C16H30N2O. The van der Waals surface area contributed by atoms with Crippen molar-refractivity contribution < 1.29 is 4.79 Å². The van der Waals surface area contributed by atoms with Gasteiger partial charge in [-0.15, -0.1) is 0 Å². The summed E-state index contributed by atoms with van der Waals surface area (Å²) < 4.78 is 0. The van der Waals surface area contributed by atoms with Gasteiger partial charge in [0.15, 0.2) is 0 Å². The minimum atomic E-state index is -0.179. The molecule has 19 heavy (non-hydrogen) atoms. The van der Waals surface area contributed by atoms with Crippen LogP contribution in [0.4, 0.5) is 0 Å². The monoisotopic (exact) mass is 266 g/mol. The Morgan fingerprint density at radius 2 is 2.05 bits per heavy atom. The highest BCUT2D eigenvalue weighted by atomic mass is 16.2. The first kappa shape index (κ1) is 14.8. The molecule has 2 aliphatic rings. The molecule has 2 atom stereocenters. The fourth-order valence-electron chi connectivity index (χ4n) is 3.81. The molecule has 2 fully saturated rings. The Morgan fingerprint density at radius 3 is 2.58 bits per heavy atom. The Bertz CT molecular complexity index is 330. The van der Waals surface area contributed by atoms with E-state index in [-0.39, 0.29) is 11.3 Å². The second kappa shape index (κ2) is 5.43. The number of carbonyl (C=O) groups is 1. The van der Waals surface area contributed by atoms with E-state index in [2.05, 4.69) is 38.3 Å². The zero-order valence-corrected chi connectivity index (χ0v) is 13.0. The number of nitrogens with one attached hydrogen (secondary N) is 2. The van der Waals surface area contributed by atoms with Gasteiger partial charge in [-0.3, -0.25) is 4.79 Å². The van der Waals surface area contributed by atoms with E-state index in [1.807, 2.05) is 0 Å². The number of amides is 1. The van der Waals surface area contributed by atoms with E-state index in [1.165, 1.54) is 12.8 Å². The fourth-order valence-corrected chi connectivity index (χ4v) is 3.81. The molecule has 0 aromatic carbocycles. The minimum absolute atomic E-state index is 0.179. The molecule has 3 nitrogen and oxygen atoms in total. The normalized spacial score (nSPS) is 34.5. The summed E-state index contributed by atoms with van der Waals surface area (Å²) in [5.41, 5.74) is 0.205. The van der Waals surface area contributed by atoms with E-state index in [9.17, 15) is 4.79 Å². The van der Waals surface area contributed by atoms with E-state index in [1.54, 1.807) is 0 Å². The lowest BCUT2D eigenvalue weighted by Gasteiger charge is -2.38. The summed E-state index contributed by atoms with van der Waals surface area (Å²) >= 11 is 0. The first-order valence-electron chi connectivity index (χ1n) is 7.87. The molecule has 1 saturated carbocycles. The summed E-state index contributed by atoms with van der Waals surface area (Å²) in [4.78, 5) is 12.7. The van der Waals surface area contributed by atoms with Crippen LogP contribution in [0.1, 0.15) is 59.8 Å². The predicted molar refractivity (Wildman–Crippen MR) is 78.9 cm³/mol. The molecule has 3 heteroatoms. The average molecular weight is 266 g/mol. The molecule has 2 rings (SSSR count). The van der Waals surface area contributed by atoms with Crippen LogP contribution >= 0.6 is 0 Å². The van der Waals surface area contributed by atoms with Crippen molar-refractivity contribution >= 4 is 5.91 Å². The van der Waals surface area contributed by atoms with Crippen molar-refractivity contribution in [1.29, 1.82) is 0 Å². The minimum Gasteiger partial charge on any atom is -0.353 e. The third-order valence-corrected chi connectivity index (χ3v) is 5.29. The molecule has 0 bridgehead atoms. The Labute approximate surface area is 117 Å². The first-order valence-corrected chi connectivity index (χ1v) is 7.87. The molecule has 0 aromatic heterocycles. The highest BCUT2D eigenvalue weighted by molar-refractivity contribution is 5.83.